The lowest BCUT2D eigenvalue weighted by molar-refractivity contribution is -0.119. The van der Waals surface area contributed by atoms with Crippen molar-refractivity contribution in [2.75, 3.05) is 32.0 Å². The maximum Gasteiger partial charge on any atom is 0.230 e. The van der Waals surface area contributed by atoms with Crippen LogP contribution < -0.4 is 4.74 Å². The van der Waals surface area contributed by atoms with Crippen LogP contribution in [0.15, 0.2) is 48.5 Å². The highest BCUT2D eigenvalue weighted by molar-refractivity contribution is 8.00. The summed E-state index contributed by atoms with van der Waals surface area (Å²) in [5, 5.41) is 0.403. The van der Waals surface area contributed by atoms with Gasteiger partial charge in [0.1, 0.15) is 5.75 Å². The molecule has 0 saturated carbocycles. The molecule has 1 spiro atoms. The van der Waals surface area contributed by atoms with Crippen molar-refractivity contribution in [2.24, 2.45) is 0 Å². The summed E-state index contributed by atoms with van der Waals surface area (Å²) in [4.78, 5) is 28.0. The maximum atomic E-state index is 12.8. The lowest BCUT2D eigenvalue weighted by atomic mass is 9.91. The summed E-state index contributed by atoms with van der Waals surface area (Å²) >= 11 is 7.54. The van der Waals surface area contributed by atoms with E-state index in [4.69, 9.17) is 21.1 Å². The Morgan fingerprint density at radius 3 is 2.64 bits per heavy atom. The minimum Gasteiger partial charge on any atom is -0.494 e. The fraction of sp³-hybridized carbons (Fsp3) is 0.462. The molecule has 3 aliphatic rings. The summed E-state index contributed by atoms with van der Waals surface area (Å²) in [7, 11) is 0. The van der Waals surface area contributed by atoms with E-state index in [1.807, 2.05) is 42.5 Å². The molecule has 2 aromatic carbocycles. The van der Waals surface area contributed by atoms with E-state index in [-0.39, 0.29) is 28.5 Å². The van der Waals surface area contributed by atoms with Crippen LogP contribution in [0.5, 0.6) is 5.75 Å². The molecule has 7 heteroatoms. The molecule has 2 fully saturated rings. The molecule has 2 saturated heterocycles. The summed E-state index contributed by atoms with van der Waals surface area (Å²) in [5.41, 5.74) is 1.15. The average molecular weight is 486 g/mol. The molecule has 5 nitrogen and oxygen atoms in total. The van der Waals surface area contributed by atoms with E-state index in [9.17, 15) is 9.59 Å². The first-order valence-electron chi connectivity index (χ1n) is 11.6. The van der Waals surface area contributed by atoms with Crippen molar-refractivity contribution in [3.63, 3.8) is 0 Å². The van der Waals surface area contributed by atoms with E-state index in [0.717, 1.165) is 56.0 Å². The number of likely N-dealkylation sites (tertiary alicyclic amines) is 1. The van der Waals surface area contributed by atoms with Crippen LogP contribution >= 0.6 is 23.4 Å². The number of carbonyl (C=O) groups is 2. The lowest BCUT2D eigenvalue weighted by Crippen LogP contribution is -2.48. The lowest BCUT2D eigenvalue weighted by Gasteiger charge is -2.42. The topological polar surface area (TPSA) is 55.8 Å². The molecule has 0 amide bonds. The third-order valence-corrected chi connectivity index (χ3v) is 8.66. The van der Waals surface area contributed by atoms with Gasteiger partial charge in [-0.15, -0.1) is 11.8 Å². The van der Waals surface area contributed by atoms with Gasteiger partial charge in [0, 0.05) is 36.0 Å². The number of ether oxygens (including phenoxy) is 2. The zero-order valence-electron chi connectivity index (χ0n) is 18.5. The molecule has 174 valence electrons. The summed E-state index contributed by atoms with van der Waals surface area (Å²) in [6.45, 7) is 3.59. The summed E-state index contributed by atoms with van der Waals surface area (Å²) in [5.74, 6) is 0.980. The smallest absolute Gasteiger partial charge is 0.230 e. The second-order valence-electron chi connectivity index (χ2n) is 9.10. The van der Waals surface area contributed by atoms with Crippen molar-refractivity contribution in [3.8, 4) is 5.75 Å². The zero-order valence-corrected chi connectivity index (χ0v) is 20.1. The van der Waals surface area contributed by atoms with Crippen LogP contribution in [0.1, 0.15) is 47.7 Å². The molecule has 0 aromatic heterocycles. The number of Topliss-reactive ketones (excluding diaryl/α,β-unsaturated/α-hetero) is 2. The molecule has 2 aliphatic heterocycles. The first-order chi connectivity index (χ1) is 16.0. The second kappa shape index (κ2) is 9.79. The Bertz CT molecular complexity index is 1020. The van der Waals surface area contributed by atoms with Crippen molar-refractivity contribution in [1.82, 2.24) is 4.90 Å². The van der Waals surface area contributed by atoms with Crippen LogP contribution in [0.3, 0.4) is 0 Å². The minimum atomic E-state index is -0.360. The molecule has 33 heavy (non-hydrogen) atoms. The SMILES string of the molecule is O=C1C(=O)C2CC(OC3(CCN(CCCOc4ccc(Cl)cc4)CC3)CS2)c2ccccc21. The molecule has 0 N–H and O–H groups in total. The number of rotatable bonds is 5. The second-order valence-corrected chi connectivity index (χ2v) is 10.7. The number of ketones is 2. The number of benzene rings is 2. The Hall–Kier alpha value is -1.86. The third-order valence-electron chi connectivity index (χ3n) is 6.90. The van der Waals surface area contributed by atoms with Gasteiger partial charge in [-0.1, -0.05) is 35.9 Å². The Labute approximate surface area is 203 Å². The first-order valence-corrected chi connectivity index (χ1v) is 13.0. The summed E-state index contributed by atoms with van der Waals surface area (Å²) in [6.07, 6.45) is 3.22. The number of halogens is 1. The van der Waals surface area contributed by atoms with Crippen molar-refractivity contribution < 1.29 is 19.1 Å². The fourth-order valence-electron chi connectivity index (χ4n) is 4.99. The molecular weight excluding hydrogens is 458 g/mol. The van der Waals surface area contributed by atoms with E-state index in [2.05, 4.69) is 4.90 Å². The van der Waals surface area contributed by atoms with Gasteiger partial charge in [0.2, 0.25) is 11.6 Å². The minimum absolute atomic E-state index is 0.198. The number of carbonyl (C=O) groups excluding carboxylic acids is 2. The Balaban J connectivity index is 1.18. The van der Waals surface area contributed by atoms with Crippen molar-refractivity contribution in [3.05, 3.63) is 64.7 Å². The molecule has 5 rings (SSSR count). The molecule has 2 aromatic rings. The molecule has 2 heterocycles. The van der Waals surface area contributed by atoms with E-state index in [1.54, 1.807) is 17.8 Å². The van der Waals surface area contributed by atoms with Gasteiger partial charge in [-0.2, -0.15) is 0 Å². The van der Waals surface area contributed by atoms with Gasteiger partial charge in [-0.05, 0) is 55.5 Å². The van der Waals surface area contributed by atoms with Gasteiger partial charge in [0.05, 0.1) is 23.6 Å². The summed E-state index contributed by atoms with van der Waals surface area (Å²) in [6, 6.07) is 14.9. The standard InChI is InChI=1S/C26H28ClNO4S/c27-18-6-8-19(9-7-18)31-15-3-12-28-13-10-26(11-14-28)17-33-23-16-22(32-26)20-4-1-2-5-21(20)24(29)25(23)30/h1-2,4-9,22-23H,3,10-17H2. The summed E-state index contributed by atoms with van der Waals surface area (Å²) < 4.78 is 12.6. The van der Waals surface area contributed by atoms with Crippen LogP contribution in [-0.2, 0) is 9.53 Å². The van der Waals surface area contributed by atoms with Crippen LogP contribution in [0.4, 0.5) is 0 Å². The van der Waals surface area contributed by atoms with E-state index in [0.29, 0.717) is 23.6 Å². The largest absolute Gasteiger partial charge is 0.494 e. The van der Waals surface area contributed by atoms with Crippen LogP contribution in [-0.4, -0.2) is 59.3 Å². The normalized spacial score (nSPS) is 24.8. The van der Waals surface area contributed by atoms with Crippen LogP contribution in [0.2, 0.25) is 5.02 Å². The van der Waals surface area contributed by atoms with Gasteiger partial charge < -0.3 is 14.4 Å². The van der Waals surface area contributed by atoms with Crippen LogP contribution in [0.25, 0.3) is 0 Å². The van der Waals surface area contributed by atoms with Gasteiger partial charge in [0.15, 0.2) is 0 Å². The molecule has 2 bridgehead atoms. The number of piperidine rings is 1. The number of fused-ring (bicyclic) bond motifs is 4. The Morgan fingerprint density at radius 1 is 1.09 bits per heavy atom. The van der Waals surface area contributed by atoms with Crippen molar-refractivity contribution >= 4 is 34.9 Å². The van der Waals surface area contributed by atoms with Crippen LogP contribution in [0, 0.1) is 0 Å². The Kier molecular flexibility index (Phi) is 6.79. The maximum absolute atomic E-state index is 12.8. The predicted molar refractivity (Wildman–Crippen MR) is 130 cm³/mol. The monoisotopic (exact) mass is 485 g/mol. The van der Waals surface area contributed by atoms with E-state index < -0.39 is 0 Å². The average Bonchev–Trinajstić information content (AvgIpc) is 3.08. The van der Waals surface area contributed by atoms with Crippen molar-refractivity contribution in [2.45, 2.75) is 42.6 Å². The zero-order chi connectivity index (χ0) is 22.8. The van der Waals surface area contributed by atoms with E-state index >= 15 is 0 Å². The Morgan fingerprint density at radius 2 is 1.85 bits per heavy atom. The molecule has 0 radical (unpaired) electrons. The number of thioether (sulfide) groups is 1. The quantitative estimate of drug-likeness (QED) is 0.440. The van der Waals surface area contributed by atoms with Gasteiger partial charge in [-0.25, -0.2) is 0 Å². The molecule has 1 aliphatic carbocycles. The first kappa shape index (κ1) is 22.9. The number of hydrogen-bond donors (Lipinski definition) is 0. The van der Waals surface area contributed by atoms with Gasteiger partial charge >= 0.3 is 0 Å². The fourth-order valence-corrected chi connectivity index (χ4v) is 6.55. The number of hydrogen-bond acceptors (Lipinski definition) is 6. The third kappa shape index (κ3) is 4.99. The van der Waals surface area contributed by atoms with Crippen molar-refractivity contribution in [1.29, 1.82) is 0 Å². The highest BCUT2D eigenvalue weighted by Crippen LogP contribution is 2.45. The number of nitrogens with zero attached hydrogens (tertiary/aromatic N) is 1. The highest BCUT2D eigenvalue weighted by atomic mass is 35.5. The van der Waals surface area contributed by atoms with E-state index in [1.165, 1.54) is 0 Å². The molecule has 2 atom stereocenters. The molecule has 2 unspecified atom stereocenters. The predicted octanol–water partition coefficient (Wildman–Crippen LogP) is 4.97. The van der Waals surface area contributed by atoms with Gasteiger partial charge in [0.25, 0.3) is 0 Å². The molecular formula is C26H28ClNO4S. The highest BCUT2D eigenvalue weighted by Gasteiger charge is 2.46. The van der Waals surface area contributed by atoms with Gasteiger partial charge in [-0.3, -0.25) is 9.59 Å².